The quantitative estimate of drug-likeness (QED) is 0.269. The number of rotatable bonds is 5. The topological polar surface area (TPSA) is 48.3 Å². The summed E-state index contributed by atoms with van der Waals surface area (Å²) in [5.74, 6) is 0.845. The zero-order valence-corrected chi connectivity index (χ0v) is 21.3. The lowest BCUT2D eigenvalue weighted by molar-refractivity contribution is 0.414. The van der Waals surface area contributed by atoms with Crippen molar-refractivity contribution in [3.05, 3.63) is 119 Å². The first-order chi connectivity index (χ1) is 17.4. The first-order valence-corrected chi connectivity index (χ1v) is 13.5. The third-order valence-electron chi connectivity index (χ3n) is 7.35. The SMILES string of the molecule is COc1ccc(C2Cc3c(C)ccc4c3c2c(-c2ccccc2)n4S(=O)(=O)c2ccc(C)cc2)cc1. The van der Waals surface area contributed by atoms with Crippen LogP contribution in [0.15, 0.2) is 95.9 Å². The summed E-state index contributed by atoms with van der Waals surface area (Å²) in [6, 6.07) is 29.2. The number of hydrogen-bond donors (Lipinski definition) is 0. The number of aryl methyl sites for hydroxylation is 2. The minimum absolute atomic E-state index is 0.0409. The van der Waals surface area contributed by atoms with Crippen molar-refractivity contribution in [2.24, 2.45) is 0 Å². The molecule has 0 aliphatic heterocycles. The maximum Gasteiger partial charge on any atom is 0.268 e. The Hall–Kier alpha value is -3.83. The monoisotopic (exact) mass is 493 g/mol. The molecule has 5 aromatic rings. The molecule has 1 atom stereocenters. The average Bonchev–Trinajstić information content (AvgIpc) is 3.46. The molecule has 5 heteroatoms. The largest absolute Gasteiger partial charge is 0.497 e. The molecule has 4 aromatic carbocycles. The molecule has 0 saturated carbocycles. The zero-order chi connectivity index (χ0) is 25.0. The molecular weight excluding hydrogens is 466 g/mol. The molecule has 0 fully saturated rings. The van der Waals surface area contributed by atoms with E-state index in [2.05, 4.69) is 19.1 Å². The van der Waals surface area contributed by atoms with Crippen LogP contribution in [-0.4, -0.2) is 19.5 Å². The fourth-order valence-electron chi connectivity index (χ4n) is 5.52. The number of nitrogens with zero attached hydrogens (tertiary/aromatic N) is 1. The predicted molar refractivity (Wildman–Crippen MR) is 144 cm³/mol. The normalized spacial score (nSPS) is 14.9. The van der Waals surface area contributed by atoms with E-state index in [4.69, 9.17) is 4.74 Å². The van der Waals surface area contributed by atoms with Gasteiger partial charge in [-0.15, -0.1) is 0 Å². The number of benzene rings is 4. The van der Waals surface area contributed by atoms with Crippen LogP contribution in [0.1, 0.15) is 33.7 Å². The van der Waals surface area contributed by atoms with E-state index >= 15 is 0 Å². The lowest BCUT2D eigenvalue weighted by Crippen LogP contribution is -2.16. The summed E-state index contributed by atoms with van der Waals surface area (Å²) < 4.78 is 35.5. The summed E-state index contributed by atoms with van der Waals surface area (Å²) in [4.78, 5) is 0.289. The Bertz CT molecular complexity index is 1700. The molecule has 0 radical (unpaired) electrons. The Labute approximate surface area is 211 Å². The van der Waals surface area contributed by atoms with Crippen molar-refractivity contribution < 1.29 is 13.2 Å². The average molecular weight is 494 g/mol. The van der Waals surface area contributed by atoms with Gasteiger partial charge in [-0.3, -0.25) is 0 Å². The number of hydrogen-bond acceptors (Lipinski definition) is 3. The van der Waals surface area contributed by atoms with Crippen LogP contribution in [0.3, 0.4) is 0 Å². The molecule has 0 saturated heterocycles. The van der Waals surface area contributed by atoms with E-state index < -0.39 is 10.0 Å². The lowest BCUT2D eigenvalue weighted by atomic mass is 9.90. The van der Waals surface area contributed by atoms with E-state index in [0.29, 0.717) is 0 Å². The number of aromatic nitrogens is 1. The van der Waals surface area contributed by atoms with Gasteiger partial charge in [0.25, 0.3) is 10.0 Å². The Morgan fingerprint density at radius 3 is 2.19 bits per heavy atom. The zero-order valence-electron chi connectivity index (χ0n) is 20.5. The molecule has 1 aliphatic rings. The van der Waals surface area contributed by atoms with Gasteiger partial charge in [-0.25, -0.2) is 12.4 Å². The second-order valence-electron chi connectivity index (χ2n) is 9.50. The van der Waals surface area contributed by atoms with Crippen LogP contribution in [0.5, 0.6) is 5.75 Å². The van der Waals surface area contributed by atoms with E-state index in [1.54, 1.807) is 23.2 Å². The summed E-state index contributed by atoms with van der Waals surface area (Å²) in [5, 5.41) is 1.06. The van der Waals surface area contributed by atoms with Crippen molar-refractivity contribution in [1.82, 2.24) is 3.97 Å². The standard InChI is InChI=1S/C31H27NO3S/c1-20-9-16-25(17-10-20)36(33,34)32-28-18-11-21(2)26-19-27(22-12-14-24(35-3)15-13-22)30(29(26)28)31(32)23-7-5-4-6-8-23/h4-18,27H,19H2,1-3H3. The van der Waals surface area contributed by atoms with E-state index in [0.717, 1.165) is 51.0 Å². The molecule has 1 unspecified atom stereocenters. The summed E-state index contributed by atoms with van der Waals surface area (Å²) in [6.07, 6.45) is 0.839. The summed E-state index contributed by atoms with van der Waals surface area (Å²) in [7, 11) is -2.19. The first-order valence-electron chi connectivity index (χ1n) is 12.1. The van der Waals surface area contributed by atoms with Crippen molar-refractivity contribution in [2.75, 3.05) is 7.11 Å². The minimum Gasteiger partial charge on any atom is -0.497 e. The molecule has 0 amide bonds. The number of ether oxygens (including phenoxy) is 1. The van der Waals surface area contributed by atoms with Gasteiger partial charge in [-0.1, -0.05) is 66.2 Å². The fraction of sp³-hybridized carbons (Fsp3) is 0.161. The Balaban J connectivity index is 1.71. The fourth-order valence-corrected chi connectivity index (χ4v) is 7.07. The molecular formula is C31H27NO3S. The lowest BCUT2D eigenvalue weighted by Gasteiger charge is -2.19. The van der Waals surface area contributed by atoms with Crippen molar-refractivity contribution in [3.63, 3.8) is 0 Å². The van der Waals surface area contributed by atoms with Crippen LogP contribution in [0, 0.1) is 13.8 Å². The number of methoxy groups -OCH3 is 1. The first kappa shape index (κ1) is 22.6. The van der Waals surface area contributed by atoms with Crippen molar-refractivity contribution >= 4 is 20.9 Å². The van der Waals surface area contributed by atoms with Gasteiger partial charge in [0.15, 0.2) is 0 Å². The maximum absolute atomic E-state index is 14.3. The van der Waals surface area contributed by atoms with Crippen LogP contribution >= 0.6 is 0 Å². The van der Waals surface area contributed by atoms with Gasteiger partial charge < -0.3 is 4.74 Å². The van der Waals surface area contributed by atoms with Crippen molar-refractivity contribution in [2.45, 2.75) is 31.1 Å². The highest BCUT2D eigenvalue weighted by molar-refractivity contribution is 7.90. The second kappa shape index (κ2) is 8.38. The van der Waals surface area contributed by atoms with Crippen LogP contribution in [0.2, 0.25) is 0 Å². The van der Waals surface area contributed by atoms with Gasteiger partial charge in [0.2, 0.25) is 0 Å². The molecule has 1 aliphatic carbocycles. The van der Waals surface area contributed by atoms with Crippen LogP contribution < -0.4 is 4.74 Å². The van der Waals surface area contributed by atoms with Gasteiger partial charge in [0.1, 0.15) is 5.75 Å². The Morgan fingerprint density at radius 1 is 0.833 bits per heavy atom. The smallest absolute Gasteiger partial charge is 0.268 e. The van der Waals surface area contributed by atoms with Gasteiger partial charge in [-0.2, -0.15) is 0 Å². The third kappa shape index (κ3) is 3.38. The molecule has 1 aromatic heterocycles. The molecule has 36 heavy (non-hydrogen) atoms. The van der Waals surface area contributed by atoms with Crippen LogP contribution in [-0.2, 0) is 16.4 Å². The van der Waals surface area contributed by atoms with E-state index in [9.17, 15) is 8.42 Å². The summed E-state index contributed by atoms with van der Waals surface area (Å²) in [6.45, 7) is 4.07. The highest BCUT2D eigenvalue weighted by atomic mass is 32.2. The Kier molecular flexibility index (Phi) is 5.27. The second-order valence-corrected chi connectivity index (χ2v) is 11.3. The van der Waals surface area contributed by atoms with Gasteiger partial charge in [0.05, 0.1) is 23.2 Å². The minimum atomic E-state index is -3.86. The Morgan fingerprint density at radius 2 is 1.53 bits per heavy atom. The van der Waals surface area contributed by atoms with E-state index in [1.165, 1.54) is 11.1 Å². The van der Waals surface area contributed by atoms with Gasteiger partial charge in [-0.05, 0) is 78.4 Å². The molecule has 0 spiro atoms. The highest BCUT2D eigenvalue weighted by Crippen LogP contribution is 2.50. The van der Waals surface area contributed by atoms with Crippen molar-refractivity contribution in [3.8, 4) is 17.0 Å². The van der Waals surface area contributed by atoms with Gasteiger partial charge in [0, 0.05) is 11.3 Å². The predicted octanol–water partition coefficient (Wildman–Crippen LogP) is 6.86. The molecule has 0 bridgehead atoms. The van der Waals surface area contributed by atoms with E-state index in [1.807, 2.05) is 73.7 Å². The van der Waals surface area contributed by atoms with E-state index in [-0.39, 0.29) is 10.8 Å². The summed E-state index contributed by atoms with van der Waals surface area (Å²) in [5.41, 5.74) is 8.03. The van der Waals surface area contributed by atoms with Gasteiger partial charge >= 0.3 is 0 Å². The maximum atomic E-state index is 14.3. The highest BCUT2D eigenvalue weighted by Gasteiger charge is 2.37. The summed E-state index contributed by atoms with van der Waals surface area (Å²) >= 11 is 0. The van der Waals surface area contributed by atoms with Crippen LogP contribution in [0.25, 0.3) is 22.2 Å². The molecule has 180 valence electrons. The van der Waals surface area contributed by atoms with Crippen LogP contribution in [0.4, 0.5) is 0 Å². The molecule has 6 rings (SSSR count). The molecule has 4 nitrogen and oxygen atoms in total. The third-order valence-corrected chi connectivity index (χ3v) is 9.08. The molecule has 0 N–H and O–H groups in total. The molecule has 1 heterocycles. The van der Waals surface area contributed by atoms with Crippen molar-refractivity contribution in [1.29, 1.82) is 0 Å².